The van der Waals surface area contributed by atoms with Gasteiger partial charge >= 0.3 is 0 Å². The standard InChI is InChI=1S/C50H32N4/c1-3-15-34(16-4-1)43-32-44(35-17-5-2-6-18-35)52-50(51-43)54-47-24-12-10-22-40(47)42-30-36(27-29-48(42)54)37-26-28-41-39-21-9-11-23-46(39)53(49(41)31-37)45-25-13-19-33-14-7-8-20-38(33)45/h1-32H. The van der Waals surface area contributed by atoms with Crippen molar-refractivity contribution in [2.45, 2.75) is 0 Å². The highest BCUT2D eigenvalue weighted by molar-refractivity contribution is 6.13. The minimum absolute atomic E-state index is 0.648. The largest absolute Gasteiger partial charge is 0.309 e. The normalized spacial score (nSPS) is 11.7. The topological polar surface area (TPSA) is 35.6 Å². The molecule has 8 aromatic carbocycles. The van der Waals surface area contributed by atoms with E-state index in [1.807, 2.05) is 12.1 Å². The number of aromatic nitrogens is 4. The Morgan fingerprint density at radius 2 is 0.815 bits per heavy atom. The molecular formula is C50H32N4. The number of nitrogens with zero attached hydrogens (tertiary/aromatic N) is 4. The van der Waals surface area contributed by atoms with Gasteiger partial charge in [0, 0.05) is 38.1 Å². The van der Waals surface area contributed by atoms with Gasteiger partial charge in [-0.15, -0.1) is 0 Å². The van der Waals surface area contributed by atoms with Crippen molar-refractivity contribution in [1.29, 1.82) is 0 Å². The molecule has 0 aliphatic heterocycles. The fraction of sp³-hybridized carbons (Fsp3) is 0. The van der Waals surface area contributed by atoms with Gasteiger partial charge in [0.15, 0.2) is 0 Å². The lowest BCUT2D eigenvalue weighted by Crippen LogP contribution is -2.03. The lowest BCUT2D eigenvalue weighted by atomic mass is 10.0. The monoisotopic (exact) mass is 688 g/mol. The van der Waals surface area contributed by atoms with Crippen LogP contribution >= 0.6 is 0 Å². The van der Waals surface area contributed by atoms with Gasteiger partial charge < -0.3 is 4.57 Å². The molecule has 0 spiro atoms. The first kappa shape index (κ1) is 30.3. The molecule has 11 aromatic rings. The summed E-state index contributed by atoms with van der Waals surface area (Å²) in [6.07, 6.45) is 0. The highest BCUT2D eigenvalue weighted by atomic mass is 15.2. The number of hydrogen-bond donors (Lipinski definition) is 0. The second kappa shape index (κ2) is 12.1. The van der Waals surface area contributed by atoms with Crippen molar-refractivity contribution in [3.8, 4) is 45.3 Å². The van der Waals surface area contributed by atoms with Crippen molar-refractivity contribution in [1.82, 2.24) is 19.1 Å². The van der Waals surface area contributed by atoms with Crippen molar-refractivity contribution < 1.29 is 0 Å². The number of fused-ring (bicyclic) bond motifs is 7. The Hall–Kier alpha value is -7.30. The first-order valence-corrected chi connectivity index (χ1v) is 18.3. The van der Waals surface area contributed by atoms with Gasteiger partial charge in [-0.2, -0.15) is 0 Å². The molecule has 0 N–H and O–H groups in total. The SMILES string of the molecule is c1ccc(-c2cc(-c3ccccc3)nc(-n3c4ccccc4c4cc(-c5ccc6c7ccccc7n(-c7cccc8ccccc78)c6c5)ccc43)n2)cc1. The van der Waals surface area contributed by atoms with Crippen molar-refractivity contribution in [3.05, 3.63) is 194 Å². The van der Waals surface area contributed by atoms with E-state index in [4.69, 9.17) is 9.97 Å². The zero-order chi connectivity index (χ0) is 35.6. The van der Waals surface area contributed by atoms with Crippen LogP contribution in [0.4, 0.5) is 0 Å². The fourth-order valence-corrected chi connectivity index (χ4v) is 8.23. The third-order valence-electron chi connectivity index (χ3n) is 10.7. The Morgan fingerprint density at radius 3 is 1.54 bits per heavy atom. The Bertz CT molecular complexity index is 3150. The molecular weight excluding hydrogens is 657 g/mol. The third-order valence-corrected chi connectivity index (χ3v) is 10.7. The summed E-state index contributed by atoms with van der Waals surface area (Å²) in [4.78, 5) is 10.4. The van der Waals surface area contributed by atoms with E-state index in [9.17, 15) is 0 Å². The molecule has 0 unspecified atom stereocenters. The molecule has 0 aliphatic carbocycles. The molecule has 4 nitrogen and oxygen atoms in total. The molecule has 0 atom stereocenters. The van der Waals surface area contributed by atoms with Gasteiger partial charge in [-0.1, -0.05) is 152 Å². The van der Waals surface area contributed by atoms with E-state index < -0.39 is 0 Å². The molecule has 0 saturated heterocycles. The molecule has 54 heavy (non-hydrogen) atoms. The molecule has 252 valence electrons. The van der Waals surface area contributed by atoms with Gasteiger partial charge in [0.2, 0.25) is 5.95 Å². The van der Waals surface area contributed by atoms with Crippen LogP contribution in [0.2, 0.25) is 0 Å². The molecule has 0 bridgehead atoms. The van der Waals surface area contributed by atoms with E-state index >= 15 is 0 Å². The quantitative estimate of drug-likeness (QED) is 0.180. The van der Waals surface area contributed by atoms with Crippen molar-refractivity contribution >= 4 is 54.4 Å². The van der Waals surface area contributed by atoms with Gasteiger partial charge in [-0.05, 0) is 59.0 Å². The van der Waals surface area contributed by atoms with Crippen LogP contribution in [0.3, 0.4) is 0 Å². The minimum atomic E-state index is 0.648. The van der Waals surface area contributed by atoms with Crippen LogP contribution < -0.4 is 0 Å². The third kappa shape index (κ3) is 4.78. The van der Waals surface area contributed by atoms with Crippen LogP contribution in [0.5, 0.6) is 0 Å². The molecule has 11 rings (SSSR count). The van der Waals surface area contributed by atoms with Crippen LogP contribution in [-0.4, -0.2) is 19.1 Å². The number of rotatable bonds is 5. The Balaban J connectivity index is 1.12. The second-order valence-corrected chi connectivity index (χ2v) is 13.8. The van der Waals surface area contributed by atoms with Crippen molar-refractivity contribution in [3.63, 3.8) is 0 Å². The number of para-hydroxylation sites is 2. The molecule has 0 amide bonds. The van der Waals surface area contributed by atoms with Gasteiger partial charge in [-0.3, -0.25) is 4.57 Å². The van der Waals surface area contributed by atoms with Crippen LogP contribution in [0.15, 0.2) is 194 Å². The fourth-order valence-electron chi connectivity index (χ4n) is 8.23. The summed E-state index contributed by atoms with van der Waals surface area (Å²) < 4.78 is 4.65. The molecule has 3 aromatic heterocycles. The summed E-state index contributed by atoms with van der Waals surface area (Å²) in [5.74, 6) is 0.648. The van der Waals surface area contributed by atoms with E-state index in [-0.39, 0.29) is 0 Å². The van der Waals surface area contributed by atoms with Crippen LogP contribution in [0, 0.1) is 0 Å². The molecule has 0 radical (unpaired) electrons. The van der Waals surface area contributed by atoms with E-state index in [0.29, 0.717) is 5.95 Å². The van der Waals surface area contributed by atoms with Gasteiger partial charge in [0.1, 0.15) is 0 Å². The first-order chi connectivity index (χ1) is 26.8. The van der Waals surface area contributed by atoms with E-state index in [1.54, 1.807) is 0 Å². The van der Waals surface area contributed by atoms with E-state index in [2.05, 4.69) is 191 Å². The lowest BCUT2D eigenvalue weighted by molar-refractivity contribution is 0.995. The second-order valence-electron chi connectivity index (χ2n) is 13.8. The summed E-state index contributed by atoms with van der Waals surface area (Å²) in [5, 5.41) is 7.27. The van der Waals surface area contributed by atoms with Crippen LogP contribution in [-0.2, 0) is 0 Å². The van der Waals surface area contributed by atoms with Gasteiger partial charge in [0.05, 0.1) is 39.1 Å². The smallest absolute Gasteiger partial charge is 0.235 e. The van der Waals surface area contributed by atoms with Crippen LogP contribution in [0.25, 0.3) is 99.7 Å². The average Bonchev–Trinajstić information content (AvgIpc) is 3.76. The highest BCUT2D eigenvalue weighted by Gasteiger charge is 2.19. The van der Waals surface area contributed by atoms with E-state index in [0.717, 1.165) is 49.9 Å². The van der Waals surface area contributed by atoms with Gasteiger partial charge in [0.25, 0.3) is 0 Å². The molecule has 4 heteroatoms. The maximum absolute atomic E-state index is 5.22. The maximum atomic E-state index is 5.22. The number of benzene rings is 8. The highest BCUT2D eigenvalue weighted by Crippen LogP contribution is 2.39. The molecule has 0 saturated carbocycles. The van der Waals surface area contributed by atoms with Crippen molar-refractivity contribution in [2.75, 3.05) is 0 Å². The summed E-state index contributed by atoms with van der Waals surface area (Å²) in [7, 11) is 0. The first-order valence-electron chi connectivity index (χ1n) is 18.3. The van der Waals surface area contributed by atoms with Crippen LogP contribution in [0.1, 0.15) is 0 Å². The predicted molar refractivity (Wildman–Crippen MR) is 225 cm³/mol. The molecule has 0 aliphatic rings. The Labute approximate surface area is 311 Å². The summed E-state index contributed by atoms with van der Waals surface area (Å²) in [6, 6.07) is 69.1. The summed E-state index contributed by atoms with van der Waals surface area (Å²) in [6.45, 7) is 0. The molecule has 0 fully saturated rings. The zero-order valence-electron chi connectivity index (χ0n) is 29.3. The predicted octanol–water partition coefficient (Wildman–Crippen LogP) is 12.8. The number of hydrogen-bond acceptors (Lipinski definition) is 2. The summed E-state index contributed by atoms with van der Waals surface area (Å²) >= 11 is 0. The zero-order valence-corrected chi connectivity index (χ0v) is 29.3. The minimum Gasteiger partial charge on any atom is -0.309 e. The Kier molecular flexibility index (Phi) is 6.82. The van der Waals surface area contributed by atoms with E-state index in [1.165, 1.54) is 43.8 Å². The lowest BCUT2D eigenvalue weighted by Gasteiger charge is -2.13. The Morgan fingerprint density at radius 1 is 0.296 bits per heavy atom. The average molecular weight is 689 g/mol. The molecule has 3 heterocycles. The van der Waals surface area contributed by atoms with Crippen molar-refractivity contribution in [2.24, 2.45) is 0 Å². The maximum Gasteiger partial charge on any atom is 0.235 e. The van der Waals surface area contributed by atoms with Gasteiger partial charge in [-0.25, -0.2) is 9.97 Å². The summed E-state index contributed by atoms with van der Waals surface area (Å²) in [5.41, 5.74) is 11.9.